The first-order valence-corrected chi connectivity index (χ1v) is 9.16. The van der Waals surface area contributed by atoms with Crippen molar-refractivity contribution in [2.45, 2.75) is 39.0 Å². The predicted octanol–water partition coefficient (Wildman–Crippen LogP) is 2.60. The van der Waals surface area contributed by atoms with Crippen LogP contribution >= 0.6 is 0 Å². The fourth-order valence-corrected chi connectivity index (χ4v) is 3.92. The van der Waals surface area contributed by atoms with Crippen LogP contribution in [-0.4, -0.2) is 40.8 Å². The summed E-state index contributed by atoms with van der Waals surface area (Å²) < 4.78 is 5.15. The molecule has 1 unspecified atom stereocenters. The molecule has 1 aliphatic heterocycles. The minimum atomic E-state index is -0.536. The van der Waals surface area contributed by atoms with E-state index in [1.807, 2.05) is 12.1 Å². The molecular formula is C20H22N2O4. The summed E-state index contributed by atoms with van der Waals surface area (Å²) >= 11 is 0. The van der Waals surface area contributed by atoms with Gasteiger partial charge in [0.1, 0.15) is 0 Å². The van der Waals surface area contributed by atoms with Crippen LogP contribution in [0.5, 0.6) is 0 Å². The van der Waals surface area contributed by atoms with E-state index in [0.29, 0.717) is 30.9 Å². The second-order valence-corrected chi connectivity index (χ2v) is 7.31. The lowest BCUT2D eigenvalue weighted by atomic mass is 9.87. The third-order valence-electron chi connectivity index (χ3n) is 5.37. The number of nitrogens with one attached hydrogen (secondary N) is 1. The number of aromatic nitrogens is 1. The number of hydrogen-bond donors (Lipinski definition) is 1. The van der Waals surface area contributed by atoms with Gasteiger partial charge in [-0.3, -0.25) is 14.5 Å². The van der Waals surface area contributed by atoms with E-state index in [9.17, 15) is 14.4 Å². The zero-order valence-corrected chi connectivity index (χ0v) is 14.8. The van der Waals surface area contributed by atoms with Crippen molar-refractivity contribution in [2.75, 3.05) is 13.2 Å². The summed E-state index contributed by atoms with van der Waals surface area (Å²) in [6.45, 7) is 2.25. The molecule has 1 aromatic heterocycles. The number of amides is 2. The van der Waals surface area contributed by atoms with Crippen LogP contribution in [0.2, 0.25) is 0 Å². The van der Waals surface area contributed by atoms with Crippen LogP contribution in [0, 0.1) is 5.92 Å². The number of ether oxygens (including phenoxy) is 1. The Kier molecular flexibility index (Phi) is 4.26. The van der Waals surface area contributed by atoms with Gasteiger partial charge in [0.25, 0.3) is 5.91 Å². The van der Waals surface area contributed by atoms with Gasteiger partial charge in [-0.1, -0.05) is 6.92 Å². The van der Waals surface area contributed by atoms with E-state index < -0.39 is 18.5 Å². The highest BCUT2D eigenvalue weighted by molar-refractivity contribution is 6.00. The van der Waals surface area contributed by atoms with E-state index in [1.54, 1.807) is 6.07 Å². The summed E-state index contributed by atoms with van der Waals surface area (Å²) in [5, 5.41) is 1.06. The topological polar surface area (TPSA) is 79.5 Å². The predicted molar refractivity (Wildman–Crippen MR) is 95.7 cm³/mol. The van der Waals surface area contributed by atoms with Crippen LogP contribution in [0.25, 0.3) is 10.9 Å². The number of benzene rings is 1. The molecule has 1 saturated heterocycles. The number of imide groups is 1. The molecule has 26 heavy (non-hydrogen) atoms. The zero-order valence-electron chi connectivity index (χ0n) is 14.8. The molecule has 6 nitrogen and oxygen atoms in total. The number of esters is 1. The molecule has 2 heterocycles. The van der Waals surface area contributed by atoms with Crippen molar-refractivity contribution in [1.82, 2.24) is 9.88 Å². The molecule has 2 aliphatic rings. The van der Waals surface area contributed by atoms with Gasteiger partial charge in [-0.15, -0.1) is 0 Å². The molecule has 0 radical (unpaired) electrons. The van der Waals surface area contributed by atoms with Crippen LogP contribution in [0.15, 0.2) is 18.2 Å². The molecule has 136 valence electrons. The quantitative estimate of drug-likeness (QED) is 0.859. The molecular weight excluding hydrogens is 332 g/mol. The highest BCUT2D eigenvalue weighted by Gasteiger charge is 2.27. The van der Waals surface area contributed by atoms with Crippen molar-refractivity contribution >= 4 is 28.7 Å². The summed E-state index contributed by atoms with van der Waals surface area (Å²) in [5.74, 6) is -0.547. The van der Waals surface area contributed by atoms with Gasteiger partial charge in [0.2, 0.25) is 5.91 Å². The summed E-state index contributed by atoms with van der Waals surface area (Å²) in [4.78, 5) is 40.6. The number of hydrogen-bond acceptors (Lipinski definition) is 4. The van der Waals surface area contributed by atoms with Gasteiger partial charge in [0.15, 0.2) is 6.61 Å². The van der Waals surface area contributed by atoms with Crippen molar-refractivity contribution in [1.29, 1.82) is 0 Å². The van der Waals surface area contributed by atoms with E-state index in [-0.39, 0.29) is 5.91 Å². The number of aryl methyl sites for hydroxylation is 1. The largest absolute Gasteiger partial charge is 0.452 e. The van der Waals surface area contributed by atoms with Gasteiger partial charge in [-0.05, 0) is 55.4 Å². The lowest BCUT2D eigenvalue weighted by Gasteiger charge is -2.18. The Morgan fingerprint density at radius 1 is 1.31 bits per heavy atom. The van der Waals surface area contributed by atoms with E-state index in [1.165, 1.54) is 22.6 Å². The zero-order chi connectivity index (χ0) is 18.3. The van der Waals surface area contributed by atoms with Crippen molar-refractivity contribution in [3.8, 4) is 0 Å². The van der Waals surface area contributed by atoms with Gasteiger partial charge >= 0.3 is 5.97 Å². The number of nitrogens with zero attached hydrogens (tertiary/aromatic N) is 1. The molecule has 1 fully saturated rings. The number of rotatable bonds is 3. The average molecular weight is 354 g/mol. The van der Waals surface area contributed by atoms with E-state index in [2.05, 4.69) is 11.9 Å². The molecule has 0 bridgehead atoms. The van der Waals surface area contributed by atoms with Crippen molar-refractivity contribution < 1.29 is 19.1 Å². The molecule has 2 aromatic rings. The van der Waals surface area contributed by atoms with Gasteiger partial charge < -0.3 is 9.72 Å². The number of aromatic amines is 1. The minimum Gasteiger partial charge on any atom is -0.452 e. The third-order valence-corrected chi connectivity index (χ3v) is 5.37. The maximum Gasteiger partial charge on any atom is 0.338 e. The Balaban J connectivity index is 1.49. The number of carbonyl (C=O) groups is 3. The Bertz CT molecular complexity index is 899. The second kappa shape index (κ2) is 6.59. The molecule has 6 heteroatoms. The Morgan fingerprint density at radius 3 is 2.92 bits per heavy atom. The standard InChI is InChI=1S/C20H22N2O4/c1-12-4-6-16-14(9-12)15-10-13(5-7-17(15)21-16)20(25)26-11-19(24)22-8-2-3-18(22)23/h5,7,10,12,21H,2-4,6,8-9,11H2,1H3. The molecule has 1 atom stereocenters. The minimum absolute atomic E-state index is 0.194. The van der Waals surface area contributed by atoms with Crippen LogP contribution in [0.4, 0.5) is 0 Å². The van der Waals surface area contributed by atoms with Gasteiger partial charge in [-0.2, -0.15) is 0 Å². The first kappa shape index (κ1) is 16.8. The van der Waals surface area contributed by atoms with Crippen LogP contribution in [0.1, 0.15) is 47.8 Å². The monoisotopic (exact) mass is 354 g/mol. The number of carbonyl (C=O) groups excluding carboxylic acids is 3. The van der Waals surface area contributed by atoms with Crippen LogP contribution in [-0.2, 0) is 27.2 Å². The maximum absolute atomic E-state index is 12.4. The summed E-state index contributed by atoms with van der Waals surface area (Å²) in [7, 11) is 0. The van der Waals surface area contributed by atoms with Crippen LogP contribution in [0.3, 0.4) is 0 Å². The lowest BCUT2D eigenvalue weighted by molar-refractivity contribution is -0.143. The molecule has 1 aromatic carbocycles. The van der Waals surface area contributed by atoms with E-state index in [0.717, 1.165) is 23.7 Å². The highest BCUT2D eigenvalue weighted by atomic mass is 16.5. The maximum atomic E-state index is 12.4. The molecule has 0 spiro atoms. The molecule has 1 N–H and O–H groups in total. The summed E-state index contributed by atoms with van der Waals surface area (Å²) in [5.41, 5.74) is 4.00. The number of fused-ring (bicyclic) bond motifs is 3. The first-order chi connectivity index (χ1) is 12.5. The van der Waals surface area contributed by atoms with Crippen molar-refractivity contribution in [2.24, 2.45) is 5.92 Å². The van der Waals surface area contributed by atoms with E-state index >= 15 is 0 Å². The average Bonchev–Trinajstić information content (AvgIpc) is 3.22. The van der Waals surface area contributed by atoms with E-state index in [4.69, 9.17) is 4.74 Å². The molecule has 4 rings (SSSR count). The van der Waals surface area contributed by atoms with Crippen molar-refractivity contribution in [3.05, 3.63) is 35.0 Å². The third kappa shape index (κ3) is 3.00. The van der Waals surface area contributed by atoms with Gasteiger partial charge in [0.05, 0.1) is 5.56 Å². The summed E-state index contributed by atoms with van der Waals surface area (Å²) in [6.07, 6.45) is 4.26. The van der Waals surface area contributed by atoms with Gasteiger partial charge in [0, 0.05) is 29.6 Å². The fourth-order valence-electron chi connectivity index (χ4n) is 3.92. The first-order valence-electron chi connectivity index (χ1n) is 9.16. The normalized spacial score (nSPS) is 19.7. The molecule has 1 aliphatic carbocycles. The SMILES string of the molecule is CC1CCc2[nH]c3ccc(C(=O)OCC(=O)N4CCCC4=O)cc3c2C1. The van der Waals surface area contributed by atoms with Crippen LogP contribution < -0.4 is 0 Å². The Hall–Kier alpha value is -2.63. The molecule has 2 amide bonds. The Morgan fingerprint density at radius 2 is 2.15 bits per heavy atom. The van der Waals surface area contributed by atoms with Crippen molar-refractivity contribution in [3.63, 3.8) is 0 Å². The second-order valence-electron chi connectivity index (χ2n) is 7.31. The lowest BCUT2D eigenvalue weighted by Crippen LogP contribution is -2.35. The smallest absolute Gasteiger partial charge is 0.338 e. The Labute approximate surface area is 151 Å². The number of H-pyrrole nitrogens is 1. The fraction of sp³-hybridized carbons (Fsp3) is 0.450. The van der Waals surface area contributed by atoms with Gasteiger partial charge in [-0.25, -0.2) is 4.79 Å². The number of likely N-dealkylation sites (tertiary alicyclic amines) is 1. The highest BCUT2D eigenvalue weighted by Crippen LogP contribution is 2.32. The summed E-state index contributed by atoms with van der Waals surface area (Å²) in [6, 6.07) is 5.44. The molecule has 0 saturated carbocycles.